The number of rotatable bonds is 6. The van der Waals surface area contributed by atoms with Crippen LogP contribution in [0.4, 0.5) is 0 Å². The Bertz CT molecular complexity index is 595. The molecule has 1 aromatic heterocycles. The van der Waals surface area contributed by atoms with Gasteiger partial charge in [-0.2, -0.15) is 5.26 Å². The Hall–Kier alpha value is -1.50. The molecule has 0 amide bonds. The van der Waals surface area contributed by atoms with Crippen molar-refractivity contribution in [1.29, 1.82) is 5.26 Å². The van der Waals surface area contributed by atoms with Crippen molar-refractivity contribution >= 4 is 22.5 Å². The maximum atomic E-state index is 8.56. The number of benzene rings is 1. The van der Waals surface area contributed by atoms with Crippen LogP contribution in [0.15, 0.2) is 24.4 Å². The molecule has 1 aromatic carbocycles. The number of hydrogen-bond donors (Lipinski definition) is 1. The molecule has 0 aliphatic rings. The molecule has 0 saturated heterocycles. The third-order valence-corrected chi connectivity index (χ3v) is 3.47. The van der Waals surface area contributed by atoms with Crippen molar-refractivity contribution in [2.45, 2.75) is 32.4 Å². The summed E-state index contributed by atoms with van der Waals surface area (Å²) in [5.41, 5.74) is 2.46. The Morgan fingerprint density at radius 1 is 1.37 bits per heavy atom. The minimum Gasteiger partial charge on any atom is -0.347 e. The van der Waals surface area contributed by atoms with Crippen LogP contribution in [0.3, 0.4) is 0 Å². The average molecular weight is 276 g/mol. The van der Waals surface area contributed by atoms with Gasteiger partial charge in [0.1, 0.15) is 0 Å². The van der Waals surface area contributed by atoms with Crippen LogP contribution < -0.4 is 5.32 Å². The van der Waals surface area contributed by atoms with Crippen molar-refractivity contribution in [3.8, 4) is 6.07 Å². The third kappa shape index (κ3) is 3.28. The van der Waals surface area contributed by atoms with Crippen LogP contribution in [0.5, 0.6) is 0 Å². The van der Waals surface area contributed by atoms with Gasteiger partial charge in [-0.3, -0.25) is 0 Å². The highest BCUT2D eigenvalue weighted by atomic mass is 35.5. The molecule has 0 unspecified atom stereocenters. The van der Waals surface area contributed by atoms with Crippen molar-refractivity contribution in [1.82, 2.24) is 9.88 Å². The van der Waals surface area contributed by atoms with Crippen LogP contribution in [0.25, 0.3) is 10.9 Å². The van der Waals surface area contributed by atoms with Gasteiger partial charge in [-0.1, -0.05) is 17.7 Å². The van der Waals surface area contributed by atoms with E-state index in [1.54, 1.807) is 0 Å². The number of fused-ring (bicyclic) bond motifs is 1. The number of nitrogens with zero attached hydrogens (tertiary/aromatic N) is 2. The molecule has 0 bridgehead atoms. The maximum absolute atomic E-state index is 8.56. The van der Waals surface area contributed by atoms with Crippen LogP contribution in [0.1, 0.15) is 24.8 Å². The van der Waals surface area contributed by atoms with Gasteiger partial charge in [0.05, 0.1) is 6.07 Å². The molecule has 4 heteroatoms. The Morgan fingerprint density at radius 2 is 2.21 bits per heavy atom. The highest BCUT2D eigenvalue weighted by Crippen LogP contribution is 2.25. The monoisotopic (exact) mass is 275 g/mol. The van der Waals surface area contributed by atoms with Crippen LogP contribution >= 0.6 is 11.6 Å². The molecule has 1 heterocycles. The maximum Gasteiger partial charge on any atom is 0.0621 e. The first-order valence-electron chi connectivity index (χ1n) is 6.55. The zero-order chi connectivity index (χ0) is 13.7. The van der Waals surface area contributed by atoms with E-state index < -0.39 is 0 Å². The van der Waals surface area contributed by atoms with E-state index in [0.717, 1.165) is 31.0 Å². The van der Waals surface area contributed by atoms with E-state index in [9.17, 15) is 0 Å². The summed E-state index contributed by atoms with van der Waals surface area (Å²) >= 11 is 6.09. The van der Waals surface area contributed by atoms with E-state index in [1.807, 2.05) is 19.2 Å². The quantitative estimate of drug-likeness (QED) is 0.817. The molecule has 0 fully saturated rings. The van der Waals surface area contributed by atoms with Crippen molar-refractivity contribution in [2.75, 3.05) is 7.05 Å². The second-order valence-corrected chi connectivity index (χ2v) is 5.09. The average Bonchev–Trinajstić information content (AvgIpc) is 2.73. The fourth-order valence-electron chi connectivity index (χ4n) is 2.34. The highest BCUT2D eigenvalue weighted by molar-refractivity contribution is 6.31. The lowest BCUT2D eigenvalue weighted by molar-refractivity contribution is 0.630. The summed E-state index contributed by atoms with van der Waals surface area (Å²) in [6.45, 7) is 1.78. The smallest absolute Gasteiger partial charge is 0.0621 e. The van der Waals surface area contributed by atoms with Gasteiger partial charge in [0.15, 0.2) is 0 Å². The molecule has 3 nitrogen and oxygen atoms in total. The zero-order valence-corrected chi connectivity index (χ0v) is 11.9. The van der Waals surface area contributed by atoms with Crippen molar-refractivity contribution < 1.29 is 0 Å². The molecular weight excluding hydrogens is 258 g/mol. The van der Waals surface area contributed by atoms with Gasteiger partial charge >= 0.3 is 0 Å². The lowest BCUT2D eigenvalue weighted by Gasteiger charge is -2.04. The molecule has 0 spiro atoms. The van der Waals surface area contributed by atoms with E-state index in [2.05, 4.69) is 28.2 Å². The first kappa shape index (κ1) is 13.9. The van der Waals surface area contributed by atoms with E-state index in [1.165, 1.54) is 16.5 Å². The van der Waals surface area contributed by atoms with Crippen LogP contribution in [-0.2, 0) is 13.1 Å². The van der Waals surface area contributed by atoms with Gasteiger partial charge in [0.2, 0.25) is 0 Å². The SMILES string of the molecule is CNCc1cn(CCCCC#N)c2cc(Cl)ccc12. The third-order valence-electron chi connectivity index (χ3n) is 3.23. The first-order chi connectivity index (χ1) is 9.26. The normalized spacial score (nSPS) is 10.8. The summed E-state index contributed by atoms with van der Waals surface area (Å²) in [6.07, 6.45) is 4.77. The lowest BCUT2D eigenvalue weighted by atomic mass is 10.2. The van der Waals surface area contributed by atoms with Crippen molar-refractivity contribution in [2.24, 2.45) is 0 Å². The van der Waals surface area contributed by atoms with Crippen LogP contribution in [-0.4, -0.2) is 11.6 Å². The minimum absolute atomic E-state index is 0.628. The molecule has 100 valence electrons. The zero-order valence-electron chi connectivity index (χ0n) is 11.1. The van der Waals surface area contributed by atoms with E-state index >= 15 is 0 Å². The molecule has 0 saturated carbocycles. The number of aromatic nitrogens is 1. The van der Waals surface area contributed by atoms with Crippen LogP contribution in [0.2, 0.25) is 5.02 Å². The molecule has 2 rings (SSSR count). The number of hydrogen-bond acceptors (Lipinski definition) is 2. The molecular formula is C15H18ClN3. The highest BCUT2D eigenvalue weighted by Gasteiger charge is 2.08. The predicted octanol–water partition coefficient (Wildman–Crippen LogP) is 3.71. The van der Waals surface area contributed by atoms with Gasteiger partial charge in [0, 0.05) is 41.6 Å². The van der Waals surface area contributed by atoms with E-state index in [0.29, 0.717) is 6.42 Å². The van der Waals surface area contributed by atoms with E-state index in [-0.39, 0.29) is 0 Å². The molecule has 0 aliphatic carbocycles. The van der Waals surface area contributed by atoms with Crippen LogP contribution in [0, 0.1) is 11.3 Å². The second-order valence-electron chi connectivity index (χ2n) is 4.65. The lowest BCUT2D eigenvalue weighted by Crippen LogP contribution is -2.04. The Morgan fingerprint density at radius 3 is 2.95 bits per heavy atom. The Kier molecular flexibility index (Phi) is 4.84. The summed E-state index contributed by atoms with van der Waals surface area (Å²) in [5, 5.41) is 13.8. The molecule has 1 N–H and O–H groups in total. The van der Waals surface area contributed by atoms with Gasteiger partial charge in [-0.15, -0.1) is 0 Å². The molecule has 0 aliphatic heterocycles. The summed E-state index contributed by atoms with van der Waals surface area (Å²) in [5.74, 6) is 0. The number of nitriles is 1. The summed E-state index contributed by atoms with van der Waals surface area (Å²) < 4.78 is 2.24. The fraction of sp³-hybridized carbons (Fsp3) is 0.400. The van der Waals surface area contributed by atoms with E-state index in [4.69, 9.17) is 16.9 Å². The topological polar surface area (TPSA) is 40.8 Å². The summed E-state index contributed by atoms with van der Waals surface area (Å²) in [4.78, 5) is 0. The minimum atomic E-state index is 0.628. The predicted molar refractivity (Wildman–Crippen MR) is 79.2 cm³/mol. The molecule has 0 atom stereocenters. The summed E-state index contributed by atoms with van der Waals surface area (Å²) in [7, 11) is 1.95. The van der Waals surface area contributed by atoms with Gasteiger partial charge in [-0.25, -0.2) is 0 Å². The number of aryl methyl sites for hydroxylation is 1. The molecule has 2 aromatic rings. The van der Waals surface area contributed by atoms with Crippen molar-refractivity contribution in [3.63, 3.8) is 0 Å². The summed E-state index contributed by atoms with van der Waals surface area (Å²) in [6, 6.07) is 8.21. The van der Waals surface area contributed by atoms with Gasteiger partial charge < -0.3 is 9.88 Å². The van der Waals surface area contributed by atoms with Crippen molar-refractivity contribution in [3.05, 3.63) is 35.0 Å². The van der Waals surface area contributed by atoms with Gasteiger partial charge in [-0.05, 0) is 37.6 Å². The second kappa shape index (κ2) is 6.60. The Labute approximate surface area is 118 Å². The number of halogens is 1. The standard InChI is InChI=1S/C15H18ClN3/c1-18-10-12-11-19(8-4-2-3-7-17)15-9-13(16)5-6-14(12)15/h5-6,9,11,18H,2-4,8,10H2,1H3. The molecule has 0 radical (unpaired) electrons. The first-order valence-corrected chi connectivity index (χ1v) is 6.93. The molecule has 19 heavy (non-hydrogen) atoms. The largest absolute Gasteiger partial charge is 0.347 e. The Balaban J connectivity index is 2.26. The van der Waals surface area contributed by atoms with Gasteiger partial charge in [0.25, 0.3) is 0 Å². The number of unbranched alkanes of at least 4 members (excludes halogenated alkanes) is 2. The number of nitrogens with one attached hydrogen (secondary N) is 1. The fourth-order valence-corrected chi connectivity index (χ4v) is 2.51.